The average Bonchev–Trinajstić information content (AvgIpc) is 2.26. The van der Waals surface area contributed by atoms with Crippen molar-refractivity contribution in [2.24, 2.45) is 11.1 Å². The number of anilines is 2. The Morgan fingerprint density at radius 2 is 2.11 bits per heavy atom. The summed E-state index contributed by atoms with van der Waals surface area (Å²) in [5, 5.41) is 8.27. The van der Waals surface area contributed by atoms with Gasteiger partial charge in [0.2, 0.25) is 10.0 Å². The SMILES string of the molecule is CSCC(C)CNc1ccc(N)cc1S(N)(=O)=O. The topological polar surface area (TPSA) is 98.2 Å². The minimum atomic E-state index is -3.76. The van der Waals surface area contributed by atoms with E-state index in [0.29, 0.717) is 23.8 Å². The number of rotatable bonds is 6. The Labute approximate surface area is 112 Å². The summed E-state index contributed by atoms with van der Waals surface area (Å²) in [5.74, 6) is 1.44. The van der Waals surface area contributed by atoms with E-state index < -0.39 is 10.0 Å². The van der Waals surface area contributed by atoms with Crippen molar-refractivity contribution in [2.75, 3.05) is 29.6 Å². The van der Waals surface area contributed by atoms with Gasteiger partial charge in [0.15, 0.2) is 0 Å². The standard InChI is InChI=1S/C11H19N3O2S2/c1-8(7-17-2)6-14-10-4-3-9(12)5-11(10)18(13,15)16/h3-5,8,14H,6-7,12H2,1-2H3,(H2,13,15,16). The van der Waals surface area contributed by atoms with E-state index in [9.17, 15) is 8.42 Å². The third-order valence-electron chi connectivity index (χ3n) is 2.40. The molecule has 0 bridgehead atoms. The first kappa shape index (κ1) is 15.1. The molecule has 0 saturated carbocycles. The van der Waals surface area contributed by atoms with Gasteiger partial charge < -0.3 is 11.1 Å². The Balaban J connectivity index is 2.89. The van der Waals surface area contributed by atoms with E-state index in [4.69, 9.17) is 10.9 Å². The monoisotopic (exact) mass is 289 g/mol. The summed E-state index contributed by atoms with van der Waals surface area (Å²) >= 11 is 1.75. The van der Waals surface area contributed by atoms with Crippen LogP contribution in [0.25, 0.3) is 0 Å². The van der Waals surface area contributed by atoms with Gasteiger partial charge in [0.1, 0.15) is 4.90 Å². The molecule has 0 aliphatic heterocycles. The van der Waals surface area contributed by atoms with Crippen molar-refractivity contribution < 1.29 is 8.42 Å². The number of benzene rings is 1. The van der Waals surface area contributed by atoms with Gasteiger partial charge in [-0.1, -0.05) is 6.92 Å². The Morgan fingerprint density at radius 3 is 2.67 bits per heavy atom. The normalized spacial score (nSPS) is 13.3. The van der Waals surface area contributed by atoms with Crippen LogP contribution in [0.3, 0.4) is 0 Å². The Hall–Kier alpha value is -0.920. The fraction of sp³-hybridized carbons (Fsp3) is 0.455. The van der Waals surface area contributed by atoms with E-state index in [2.05, 4.69) is 12.2 Å². The molecule has 0 aliphatic carbocycles. The lowest BCUT2D eigenvalue weighted by atomic mass is 10.2. The highest BCUT2D eigenvalue weighted by Gasteiger charge is 2.14. The summed E-state index contributed by atoms with van der Waals surface area (Å²) in [6, 6.07) is 4.66. The van der Waals surface area contributed by atoms with Gasteiger partial charge in [-0.2, -0.15) is 11.8 Å². The third kappa shape index (κ3) is 4.40. The van der Waals surface area contributed by atoms with Crippen molar-refractivity contribution >= 4 is 33.2 Å². The van der Waals surface area contributed by atoms with Gasteiger partial charge in [0.05, 0.1) is 5.69 Å². The second-order valence-corrected chi connectivity index (χ2v) is 6.68. The highest BCUT2D eigenvalue weighted by atomic mass is 32.2. The van der Waals surface area contributed by atoms with Gasteiger partial charge in [-0.3, -0.25) is 0 Å². The van der Waals surface area contributed by atoms with Crippen LogP contribution in [0, 0.1) is 5.92 Å². The van der Waals surface area contributed by atoms with Crippen molar-refractivity contribution in [3.63, 3.8) is 0 Å². The highest BCUT2D eigenvalue weighted by Crippen LogP contribution is 2.23. The molecule has 5 nitrogen and oxygen atoms in total. The van der Waals surface area contributed by atoms with E-state index in [0.717, 1.165) is 5.75 Å². The zero-order valence-electron chi connectivity index (χ0n) is 10.5. The van der Waals surface area contributed by atoms with Crippen molar-refractivity contribution in [1.29, 1.82) is 0 Å². The number of hydrogen-bond acceptors (Lipinski definition) is 5. The smallest absolute Gasteiger partial charge is 0.240 e. The average molecular weight is 289 g/mol. The van der Waals surface area contributed by atoms with Crippen LogP contribution < -0.4 is 16.2 Å². The first-order valence-corrected chi connectivity index (χ1v) is 8.43. The molecule has 1 aromatic carbocycles. The predicted octanol–water partition coefficient (Wildman–Crippen LogP) is 1.33. The molecule has 5 N–H and O–H groups in total. The van der Waals surface area contributed by atoms with Crippen LogP contribution in [-0.4, -0.2) is 27.0 Å². The summed E-state index contributed by atoms with van der Waals surface area (Å²) in [5.41, 5.74) is 6.45. The number of nitrogens with one attached hydrogen (secondary N) is 1. The van der Waals surface area contributed by atoms with Crippen LogP contribution >= 0.6 is 11.8 Å². The highest BCUT2D eigenvalue weighted by molar-refractivity contribution is 7.98. The van der Waals surface area contributed by atoms with E-state index in [1.54, 1.807) is 23.9 Å². The van der Waals surface area contributed by atoms with Gasteiger partial charge in [0, 0.05) is 12.2 Å². The third-order valence-corrected chi connectivity index (χ3v) is 4.26. The van der Waals surface area contributed by atoms with Crippen molar-refractivity contribution in [1.82, 2.24) is 0 Å². The van der Waals surface area contributed by atoms with Gasteiger partial charge in [-0.05, 0) is 36.1 Å². The molecule has 0 radical (unpaired) electrons. The Bertz CT molecular complexity index is 503. The summed E-state index contributed by atoms with van der Waals surface area (Å²) in [6.45, 7) is 2.78. The summed E-state index contributed by atoms with van der Waals surface area (Å²) < 4.78 is 22.9. The van der Waals surface area contributed by atoms with E-state index >= 15 is 0 Å². The lowest BCUT2D eigenvalue weighted by Crippen LogP contribution is -2.18. The zero-order valence-corrected chi connectivity index (χ0v) is 12.1. The molecule has 0 spiro atoms. The number of hydrogen-bond donors (Lipinski definition) is 3. The second kappa shape index (κ2) is 6.31. The molecule has 0 amide bonds. The number of nitrogens with two attached hydrogens (primary N) is 2. The van der Waals surface area contributed by atoms with E-state index in [1.807, 2.05) is 6.26 Å². The first-order valence-electron chi connectivity index (χ1n) is 5.49. The molecule has 7 heteroatoms. The second-order valence-electron chi connectivity index (χ2n) is 4.24. The molecule has 18 heavy (non-hydrogen) atoms. The zero-order chi connectivity index (χ0) is 13.8. The molecule has 1 atom stereocenters. The predicted molar refractivity (Wildman–Crippen MR) is 78.3 cm³/mol. The minimum Gasteiger partial charge on any atom is -0.399 e. The molecule has 0 saturated heterocycles. The summed E-state index contributed by atoms with van der Waals surface area (Å²) in [7, 11) is -3.76. The van der Waals surface area contributed by atoms with Gasteiger partial charge in [0.25, 0.3) is 0 Å². The largest absolute Gasteiger partial charge is 0.399 e. The molecule has 1 aromatic rings. The number of sulfonamides is 1. The van der Waals surface area contributed by atoms with Crippen LogP contribution in [0.5, 0.6) is 0 Å². The Kier molecular flexibility index (Phi) is 5.30. The van der Waals surface area contributed by atoms with Crippen molar-refractivity contribution in [3.8, 4) is 0 Å². The molecule has 0 fully saturated rings. The molecule has 1 unspecified atom stereocenters. The van der Waals surface area contributed by atoms with Gasteiger partial charge in [-0.15, -0.1) is 0 Å². The van der Waals surface area contributed by atoms with E-state index in [1.165, 1.54) is 6.07 Å². The molecule has 102 valence electrons. The lowest BCUT2D eigenvalue weighted by molar-refractivity contribution is 0.598. The molecular weight excluding hydrogens is 270 g/mol. The maximum atomic E-state index is 11.5. The van der Waals surface area contributed by atoms with Gasteiger partial charge in [-0.25, -0.2) is 13.6 Å². The van der Waals surface area contributed by atoms with Crippen LogP contribution in [0.15, 0.2) is 23.1 Å². The molecule has 1 rings (SSSR count). The lowest BCUT2D eigenvalue weighted by Gasteiger charge is -2.15. The van der Waals surface area contributed by atoms with Crippen molar-refractivity contribution in [2.45, 2.75) is 11.8 Å². The molecule has 0 aliphatic rings. The van der Waals surface area contributed by atoms with E-state index in [-0.39, 0.29) is 4.90 Å². The van der Waals surface area contributed by atoms with Gasteiger partial charge >= 0.3 is 0 Å². The fourth-order valence-electron chi connectivity index (χ4n) is 1.55. The maximum absolute atomic E-state index is 11.5. The number of primary sulfonamides is 1. The molecular formula is C11H19N3O2S2. The number of thioether (sulfide) groups is 1. The minimum absolute atomic E-state index is 0.0406. The van der Waals surface area contributed by atoms with Crippen LogP contribution in [0.4, 0.5) is 11.4 Å². The van der Waals surface area contributed by atoms with Crippen LogP contribution in [0.1, 0.15) is 6.92 Å². The van der Waals surface area contributed by atoms with Crippen LogP contribution in [-0.2, 0) is 10.0 Å². The van der Waals surface area contributed by atoms with Crippen molar-refractivity contribution in [3.05, 3.63) is 18.2 Å². The first-order chi connectivity index (χ1) is 8.34. The van der Waals surface area contributed by atoms with Crippen LogP contribution in [0.2, 0.25) is 0 Å². The number of nitrogen functional groups attached to an aromatic ring is 1. The molecule has 0 heterocycles. The fourth-order valence-corrected chi connectivity index (χ4v) is 2.98. The molecule has 0 aromatic heterocycles. The quantitative estimate of drug-likeness (QED) is 0.686. The maximum Gasteiger partial charge on any atom is 0.240 e. The summed E-state index contributed by atoms with van der Waals surface area (Å²) in [4.78, 5) is 0.0406. The summed E-state index contributed by atoms with van der Waals surface area (Å²) in [6.07, 6.45) is 2.04. The Morgan fingerprint density at radius 1 is 1.44 bits per heavy atom.